The van der Waals surface area contributed by atoms with Crippen LogP contribution in [-0.2, 0) is 0 Å². The summed E-state index contributed by atoms with van der Waals surface area (Å²) in [6, 6.07) is 8.02. The molecule has 0 saturated heterocycles. The van der Waals surface area contributed by atoms with E-state index in [2.05, 4.69) is 5.32 Å². The monoisotopic (exact) mass is 260 g/mol. The van der Waals surface area contributed by atoms with Gasteiger partial charge in [-0.05, 0) is 43.2 Å². The van der Waals surface area contributed by atoms with Gasteiger partial charge in [0.1, 0.15) is 4.92 Å². The van der Waals surface area contributed by atoms with Crippen LogP contribution in [-0.4, -0.2) is 10.8 Å². The maximum absolute atomic E-state index is 11.8. The Bertz CT molecular complexity index is 626. The van der Waals surface area contributed by atoms with Gasteiger partial charge >= 0.3 is 5.88 Å². The molecule has 2 rings (SSSR count). The number of nitrogens with zero attached hydrogens (tertiary/aromatic N) is 1. The predicted octanol–water partition coefficient (Wildman–Crippen LogP) is 3.06. The fourth-order valence-corrected chi connectivity index (χ4v) is 1.79. The molecule has 0 aliphatic rings. The number of aryl methyl sites for hydroxylation is 2. The van der Waals surface area contributed by atoms with E-state index in [0.29, 0.717) is 5.69 Å². The molecule has 0 aliphatic carbocycles. The normalized spacial score (nSPS) is 10.2. The van der Waals surface area contributed by atoms with Crippen LogP contribution in [0.15, 0.2) is 34.7 Å². The van der Waals surface area contributed by atoms with Gasteiger partial charge in [-0.15, -0.1) is 0 Å². The predicted molar refractivity (Wildman–Crippen MR) is 69.2 cm³/mol. The number of carbonyl (C=O) groups is 1. The van der Waals surface area contributed by atoms with Gasteiger partial charge in [0.2, 0.25) is 0 Å². The highest BCUT2D eigenvalue weighted by Gasteiger charge is 2.17. The van der Waals surface area contributed by atoms with Gasteiger partial charge in [-0.2, -0.15) is 0 Å². The van der Waals surface area contributed by atoms with E-state index in [1.54, 1.807) is 0 Å². The molecule has 1 aromatic heterocycles. The molecular formula is C13H12N2O4. The number of amides is 1. The Morgan fingerprint density at radius 1 is 1.21 bits per heavy atom. The second-order valence-electron chi connectivity index (χ2n) is 4.23. The van der Waals surface area contributed by atoms with Crippen LogP contribution in [0.3, 0.4) is 0 Å². The highest BCUT2D eigenvalue weighted by molar-refractivity contribution is 6.02. The van der Waals surface area contributed by atoms with Crippen LogP contribution in [0.1, 0.15) is 21.7 Å². The van der Waals surface area contributed by atoms with Crippen LogP contribution < -0.4 is 5.32 Å². The molecule has 1 amide bonds. The number of nitrogens with one attached hydrogen (secondary N) is 1. The van der Waals surface area contributed by atoms with E-state index >= 15 is 0 Å². The van der Waals surface area contributed by atoms with Crippen molar-refractivity contribution >= 4 is 17.5 Å². The number of hydrogen-bond donors (Lipinski definition) is 1. The summed E-state index contributed by atoms with van der Waals surface area (Å²) in [5.74, 6) is -1.06. The topological polar surface area (TPSA) is 85.4 Å². The van der Waals surface area contributed by atoms with Crippen molar-refractivity contribution in [2.75, 3.05) is 5.32 Å². The van der Waals surface area contributed by atoms with Crippen molar-refractivity contribution in [2.45, 2.75) is 13.8 Å². The Morgan fingerprint density at radius 3 is 2.37 bits per heavy atom. The molecule has 0 atom stereocenters. The largest absolute Gasteiger partial charge is 0.433 e. The average molecular weight is 260 g/mol. The van der Waals surface area contributed by atoms with Crippen molar-refractivity contribution in [1.82, 2.24) is 0 Å². The summed E-state index contributed by atoms with van der Waals surface area (Å²) in [6.07, 6.45) is 0. The molecule has 6 heteroatoms. The van der Waals surface area contributed by atoms with Gasteiger partial charge in [0.15, 0.2) is 5.76 Å². The SMILES string of the molecule is Cc1cc(C)cc(NC(=O)c2ccc([N+](=O)[O-])o2)c1. The van der Waals surface area contributed by atoms with E-state index < -0.39 is 16.7 Å². The Kier molecular flexibility index (Phi) is 3.33. The van der Waals surface area contributed by atoms with E-state index in [1.807, 2.05) is 32.0 Å². The van der Waals surface area contributed by atoms with E-state index in [0.717, 1.165) is 17.2 Å². The summed E-state index contributed by atoms with van der Waals surface area (Å²) in [5.41, 5.74) is 2.66. The van der Waals surface area contributed by atoms with Gasteiger partial charge in [0, 0.05) is 5.69 Å². The Labute approximate surface area is 109 Å². The molecule has 1 aromatic carbocycles. The van der Waals surface area contributed by atoms with E-state index in [1.165, 1.54) is 6.07 Å². The Hall–Kier alpha value is -2.63. The zero-order valence-corrected chi connectivity index (χ0v) is 10.5. The Balaban J connectivity index is 2.18. The molecule has 0 fully saturated rings. The Morgan fingerprint density at radius 2 is 1.84 bits per heavy atom. The molecule has 2 aromatic rings. The summed E-state index contributed by atoms with van der Waals surface area (Å²) in [5, 5.41) is 13.1. The molecule has 98 valence electrons. The summed E-state index contributed by atoms with van der Waals surface area (Å²) in [7, 11) is 0. The lowest BCUT2D eigenvalue weighted by Crippen LogP contribution is -2.11. The average Bonchev–Trinajstić information content (AvgIpc) is 2.76. The molecule has 0 saturated carbocycles. The second kappa shape index (κ2) is 4.93. The van der Waals surface area contributed by atoms with Crippen LogP contribution in [0.25, 0.3) is 0 Å². The molecule has 1 heterocycles. The van der Waals surface area contributed by atoms with Crippen LogP contribution in [0.5, 0.6) is 0 Å². The minimum absolute atomic E-state index is 0.0918. The third kappa shape index (κ3) is 2.98. The number of furan rings is 1. The van der Waals surface area contributed by atoms with Crippen LogP contribution in [0, 0.1) is 24.0 Å². The number of benzene rings is 1. The fraction of sp³-hybridized carbons (Fsp3) is 0.154. The number of rotatable bonds is 3. The van der Waals surface area contributed by atoms with Crippen molar-refractivity contribution in [3.05, 3.63) is 57.3 Å². The van der Waals surface area contributed by atoms with Gasteiger partial charge < -0.3 is 9.73 Å². The molecule has 0 aliphatic heterocycles. The summed E-state index contributed by atoms with van der Waals surface area (Å²) in [4.78, 5) is 21.6. The van der Waals surface area contributed by atoms with Gasteiger partial charge in [0.25, 0.3) is 5.91 Å². The van der Waals surface area contributed by atoms with Crippen molar-refractivity contribution in [3.8, 4) is 0 Å². The number of nitro groups is 1. The van der Waals surface area contributed by atoms with Crippen LogP contribution in [0.4, 0.5) is 11.6 Å². The first kappa shape index (κ1) is 12.8. The van der Waals surface area contributed by atoms with Crippen molar-refractivity contribution in [1.29, 1.82) is 0 Å². The molecule has 0 bridgehead atoms. The molecule has 6 nitrogen and oxygen atoms in total. The van der Waals surface area contributed by atoms with Crippen molar-refractivity contribution in [3.63, 3.8) is 0 Å². The van der Waals surface area contributed by atoms with Crippen LogP contribution >= 0.6 is 0 Å². The molecular weight excluding hydrogens is 248 g/mol. The zero-order valence-electron chi connectivity index (χ0n) is 10.5. The third-order valence-corrected chi connectivity index (χ3v) is 2.48. The summed E-state index contributed by atoms with van der Waals surface area (Å²) in [6.45, 7) is 3.83. The number of anilines is 1. The van der Waals surface area contributed by atoms with E-state index in [-0.39, 0.29) is 5.76 Å². The first-order valence-electron chi connectivity index (χ1n) is 5.59. The highest BCUT2D eigenvalue weighted by Crippen LogP contribution is 2.18. The van der Waals surface area contributed by atoms with Gasteiger partial charge in [-0.1, -0.05) is 6.07 Å². The standard InChI is InChI=1S/C13H12N2O4/c1-8-5-9(2)7-10(6-8)14-13(16)11-3-4-12(19-11)15(17)18/h3-7H,1-2H3,(H,14,16). The lowest BCUT2D eigenvalue weighted by atomic mass is 10.1. The van der Waals surface area contributed by atoms with E-state index in [4.69, 9.17) is 4.42 Å². The molecule has 19 heavy (non-hydrogen) atoms. The zero-order chi connectivity index (χ0) is 14.0. The first-order valence-corrected chi connectivity index (χ1v) is 5.59. The number of hydrogen-bond acceptors (Lipinski definition) is 4. The van der Waals surface area contributed by atoms with E-state index in [9.17, 15) is 14.9 Å². The second-order valence-corrected chi connectivity index (χ2v) is 4.23. The van der Waals surface area contributed by atoms with Gasteiger partial charge in [-0.25, -0.2) is 0 Å². The van der Waals surface area contributed by atoms with Gasteiger partial charge in [0.05, 0.1) is 6.07 Å². The van der Waals surface area contributed by atoms with Crippen molar-refractivity contribution < 1.29 is 14.1 Å². The third-order valence-electron chi connectivity index (χ3n) is 2.48. The summed E-state index contributed by atoms with van der Waals surface area (Å²) < 4.78 is 4.83. The van der Waals surface area contributed by atoms with Crippen LogP contribution in [0.2, 0.25) is 0 Å². The first-order chi connectivity index (χ1) is 8.95. The van der Waals surface area contributed by atoms with Gasteiger partial charge in [-0.3, -0.25) is 14.9 Å². The quantitative estimate of drug-likeness (QED) is 0.678. The minimum atomic E-state index is -0.687. The molecule has 1 N–H and O–H groups in total. The lowest BCUT2D eigenvalue weighted by Gasteiger charge is -2.05. The molecule has 0 unspecified atom stereocenters. The van der Waals surface area contributed by atoms with Crippen molar-refractivity contribution in [2.24, 2.45) is 0 Å². The minimum Gasteiger partial charge on any atom is -0.395 e. The molecule has 0 spiro atoms. The number of carbonyl (C=O) groups excluding carboxylic acids is 1. The highest BCUT2D eigenvalue weighted by atomic mass is 16.6. The lowest BCUT2D eigenvalue weighted by molar-refractivity contribution is -0.402. The maximum atomic E-state index is 11.8. The molecule has 0 radical (unpaired) electrons. The summed E-state index contributed by atoms with van der Waals surface area (Å²) >= 11 is 0. The fourth-order valence-electron chi connectivity index (χ4n) is 1.79. The maximum Gasteiger partial charge on any atom is 0.433 e. The smallest absolute Gasteiger partial charge is 0.395 e.